The summed E-state index contributed by atoms with van der Waals surface area (Å²) in [4.78, 5) is 16.5. The quantitative estimate of drug-likeness (QED) is 0.833. The standard InChI is InChI=1S/C17H17BrN2O3S/c18-13-8-12(10-19-11-13)17(21)20-14-4-3-7-16(9-14)24(22,23)15-5-1-2-6-15/h3-4,7-11,15H,1-2,5-6H2,(H,20,21). The molecular formula is C17H17BrN2O3S. The summed E-state index contributed by atoms with van der Waals surface area (Å²) >= 11 is 3.27. The van der Waals surface area contributed by atoms with Crippen molar-refractivity contribution in [2.45, 2.75) is 35.8 Å². The molecule has 0 spiro atoms. The Bertz CT molecular complexity index is 862. The fourth-order valence-corrected chi connectivity index (χ4v) is 5.14. The number of carbonyl (C=O) groups is 1. The number of anilines is 1. The van der Waals surface area contributed by atoms with Crippen molar-refractivity contribution >= 4 is 37.4 Å². The average molecular weight is 409 g/mol. The first-order valence-electron chi connectivity index (χ1n) is 7.73. The van der Waals surface area contributed by atoms with Crippen LogP contribution in [-0.2, 0) is 9.84 Å². The zero-order chi connectivity index (χ0) is 17.2. The van der Waals surface area contributed by atoms with Gasteiger partial charge in [-0.25, -0.2) is 8.42 Å². The maximum Gasteiger partial charge on any atom is 0.257 e. The van der Waals surface area contributed by atoms with Crippen molar-refractivity contribution in [1.29, 1.82) is 0 Å². The minimum atomic E-state index is -3.34. The summed E-state index contributed by atoms with van der Waals surface area (Å²) in [6.07, 6.45) is 6.38. The highest BCUT2D eigenvalue weighted by molar-refractivity contribution is 9.10. The first-order valence-corrected chi connectivity index (χ1v) is 10.1. The van der Waals surface area contributed by atoms with E-state index in [1.165, 1.54) is 12.3 Å². The van der Waals surface area contributed by atoms with Gasteiger partial charge in [0.25, 0.3) is 5.91 Å². The molecule has 1 aliphatic rings. The summed E-state index contributed by atoms with van der Waals surface area (Å²) in [5.41, 5.74) is 0.854. The molecule has 2 aromatic rings. The molecule has 1 aliphatic carbocycles. The van der Waals surface area contributed by atoms with Gasteiger partial charge in [0.2, 0.25) is 0 Å². The van der Waals surface area contributed by atoms with E-state index in [0.29, 0.717) is 28.6 Å². The molecule has 5 nitrogen and oxygen atoms in total. The number of hydrogen-bond acceptors (Lipinski definition) is 4. The van der Waals surface area contributed by atoms with Gasteiger partial charge in [-0.1, -0.05) is 18.9 Å². The lowest BCUT2D eigenvalue weighted by Crippen LogP contribution is -2.18. The summed E-state index contributed by atoms with van der Waals surface area (Å²) in [5, 5.41) is 2.42. The van der Waals surface area contributed by atoms with Crippen LogP contribution < -0.4 is 5.32 Å². The maximum absolute atomic E-state index is 12.7. The second kappa shape index (κ2) is 7.03. The van der Waals surface area contributed by atoms with Crippen molar-refractivity contribution in [3.8, 4) is 0 Å². The smallest absolute Gasteiger partial charge is 0.257 e. The van der Waals surface area contributed by atoms with Gasteiger partial charge in [0.1, 0.15) is 0 Å². The molecule has 0 unspecified atom stereocenters. The highest BCUT2D eigenvalue weighted by atomic mass is 79.9. The lowest BCUT2D eigenvalue weighted by molar-refractivity contribution is 0.102. The van der Waals surface area contributed by atoms with Crippen LogP contribution in [0.15, 0.2) is 52.1 Å². The van der Waals surface area contributed by atoms with E-state index < -0.39 is 9.84 Å². The molecule has 0 atom stereocenters. The third kappa shape index (κ3) is 3.67. The number of benzene rings is 1. The lowest BCUT2D eigenvalue weighted by atomic mass is 10.2. The fourth-order valence-electron chi connectivity index (χ4n) is 2.88. The van der Waals surface area contributed by atoms with Gasteiger partial charge in [0.05, 0.1) is 15.7 Å². The first-order chi connectivity index (χ1) is 11.5. The zero-order valence-electron chi connectivity index (χ0n) is 12.9. The van der Waals surface area contributed by atoms with Crippen LogP contribution in [0.1, 0.15) is 36.0 Å². The monoisotopic (exact) mass is 408 g/mol. The van der Waals surface area contributed by atoms with Crippen molar-refractivity contribution in [3.63, 3.8) is 0 Å². The number of amides is 1. The van der Waals surface area contributed by atoms with Crippen LogP contribution in [0.3, 0.4) is 0 Å². The van der Waals surface area contributed by atoms with Crippen LogP contribution in [0.2, 0.25) is 0 Å². The number of pyridine rings is 1. The third-order valence-electron chi connectivity index (χ3n) is 4.13. The molecule has 3 rings (SSSR count). The number of carbonyl (C=O) groups excluding carboxylic acids is 1. The van der Waals surface area contributed by atoms with E-state index in [4.69, 9.17) is 0 Å². The number of nitrogens with zero attached hydrogens (tertiary/aromatic N) is 1. The molecular weight excluding hydrogens is 392 g/mol. The van der Waals surface area contributed by atoms with Gasteiger partial charge < -0.3 is 5.32 Å². The Labute approximate surface area is 149 Å². The molecule has 0 saturated heterocycles. The second-order valence-electron chi connectivity index (χ2n) is 5.83. The Morgan fingerprint density at radius 1 is 1.17 bits per heavy atom. The lowest BCUT2D eigenvalue weighted by Gasteiger charge is -2.12. The van der Waals surface area contributed by atoms with Crippen LogP contribution in [0, 0.1) is 0 Å². The Hall–Kier alpha value is -1.73. The number of sulfone groups is 1. The van der Waals surface area contributed by atoms with Gasteiger partial charge in [-0.2, -0.15) is 0 Å². The minimum absolute atomic E-state index is 0.263. The number of rotatable bonds is 4. The van der Waals surface area contributed by atoms with E-state index in [9.17, 15) is 13.2 Å². The average Bonchev–Trinajstić information content (AvgIpc) is 3.10. The molecule has 24 heavy (non-hydrogen) atoms. The van der Waals surface area contributed by atoms with Crippen LogP contribution in [0.25, 0.3) is 0 Å². The second-order valence-corrected chi connectivity index (χ2v) is 8.97. The van der Waals surface area contributed by atoms with Crippen LogP contribution in [0.4, 0.5) is 5.69 Å². The predicted molar refractivity (Wildman–Crippen MR) is 95.8 cm³/mol. The number of halogens is 1. The van der Waals surface area contributed by atoms with Gasteiger partial charge in [0.15, 0.2) is 9.84 Å². The van der Waals surface area contributed by atoms with Crippen molar-refractivity contribution in [2.75, 3.05) is 5.32 Å². The van der Waals surface area contributed by atoms with Crippen LogP contribution >= 0.6 is 15.9 Å². The van der Waals surface area contributed by atoms with Gasteiger partial charge in [-0.3, -0.25) is 9.78 Å². The summed E-state index contributed by atoms with van der Waals surface area (Å²) in [6, 6.07) is 8.09. The Balaban J connectivity index is 1.82. The van der Waals surface area contributed by atoms with E-state index >= 15 is 0 Å². The van der Waals surface area contributed by atoms with Crippen LogP contribution in [0.5, 0.6) is 0 Å². The van der Waals surface area contributed by atoms with Crippen molar-refractivity contribution in [1.82, 2.24) is 4.98 Å². The molecule has 1 amide bonds. The minimum Gasteiger partial charge on any atom is -0.322 e. The molecule has 1 aromatic heterocycles. The van der Waals surface area contributed by atoms with E-state index in [1.807, 2.05) is 0 Å². The third-order valence-corrected chi connectivity index (χ3v) is 6.82. The van der Waals surface area contributed by atoms with Crippen molar-refractivity contribution < 1.29 is 13.2 Å². The van der Waals surface area contributed by atoms with Crippen LogP contribution in [-0.4, -0.2) is 24.6 Å². The SMILES string of the molecule is O=C(Nc1cccc(S(=O)(=O)C2CCCC2)c1)c1cncc(Br)c1. The van der Waals surface area contributed by atoms with E-state index in [2.05, 4.69) is 26.2 Å². The van der Waals surface area contributed by atoms with Gasteiger partial charge >= 0.3 is 0 Å². The molecule has 1 fully saturated rings. The van der Waals surface area contributed by atoms with Crippen molar-refractivity contribution in [3.05, 3.63) is 52.8 Å². The zero-order valence-corrected chi connectivity index (χ0v) is 15.3. The van der Waals surface area contributed by atoms with E-state index in [0.717, 1.165) is 12.8 Å². The molecule has 1 N–H and O–H groups in total. The number of aromatic nitrogens is 1. The summed E-state index contributed by atoms with van der Waals surface area (Å²) in [5.74, 6) is -0.334. The molecule has 0 radical (unpaired) electrons. The maximum atomic E-state index is 12.7. The number of hydrogen-bond donors (Lipinski definition) is 1. The molecule has 1 heterocycles. The summed E-state index contributed by atoms with van der Waals surface area (Å²) < 4.78 is 26.0. The molecule has 0 bridgehead atoms. The van der Waals surface area contributed by atoms with Gasteiger partial charge in [-0.15, -0.1) is 0 Å². The molecule has 0 aliphatic heterocycles. The van der Waals surface area contributed by atoms with E-state index in [-0.39, 0.29) is 16.1 Å². The molecule has 1 saturated carbocycles. The van der Waals surface area contributed by atoms with Gasteiger partial charge in [-0.05, 0) is 53.0 Å². The molecule has 126 valence electrons. The number of nitrogens with one attached hydrogen (secondary N) is 1. The van der Waals surface area contributed by atoms with Gasteiger partial charge in [0, 0.05) is 22.6 Å². The predicted octanol–water partition coefficient (Wildman–Crippen LogP) is 3.81. The highest BCUT2D eigenvalue weighted by Crippen LogP contribution is 2.30. The Morgan fingerprint density at radius 2 is 1.92 bits per heavy atom. The Morgan fingerprint density at radius 3 is 2.62 bits per heavy atom. The Kier molecular flexibility index (Phi) is 5.01. The van der Waals surface area contributed by atoms with Crippen molar-refractivity contribution in [2.24, 2.45) is 0 Å². The normalized spacial score (nSPS) is 15.4. The summed E-state index contributed by atoms with van der Waals surface area (Å²) in [6.45, 7) is 0. The topological polar surface area (TPSA) is 76.1 Å². The molecule has 1 aromatic carbocycles. The largest absolute Gasteiger partial charge is 0.322 e. The fraction of sp³-hybridized carbons (Fsp3) is 0.294. The molecule has 7 heteroatoms. The highest BCUT2D eigenvalue weighted by Gasteiger charge is 2.30. The first kappa shape index (κ1) is 17.1. The summed E-state index contributed by atoms with van der Waals surface area (Å²) in [7, 11) is -3.34. The van der Waals surface area contributed by atoms with E-state index in [1.54, 1.807) is 30.5 Å².